The number of halogens is 3. The molecule has 0 nitrogen and oxygen atoms in total. The molecule has 1 aliphatic carbocycles. The molecule has 0 amide bonds. The van der Waals surface area contributed by atoms with Crippen LogP contribution in [0.25, 0.3) is 11.1 Å². The van der Waals surface area contributed by atoms with E-state index in [9.17, 15) is 13.2 Å². The highest BCUT2D eigenvalue weighted by molar-refractivity contribution is 5.64. The molecule has 23 heavy (non-hydrogen) atoms. The topological polar surface area (TPSA) is 0 Å². The molecule has 1 aliphatic rings. The fourth-order valence-electron chi connectivity index (χ4n) is 3.57. The van der Waals surface area contributed by atoms with E-state index in [-0.39, 0.29) is 0 Å². The molecule has 0 radical (unpaired) electrons. The third-order valence-electron chi connectivity index (χ3n) is 5.12. The van der Waals surface area contributed by atoms with Crippen molar-refractivity contribution in [3.63, 3.8) is 0 Å². The van der Waals surface area contributed by atoms with Crippen molar-refractivity contribution in [3.05, 3.63) is 59.4 Å². The van der Waals surface area contributed by atoms with Crippen LogP contribution in [0, 0.1) is 23.4 Å². The Kier molecular flexibility index (Phi) is 4.74. The van der Waals surface area contributed by atoms with E-state index in [2.05, 4.69) is 6.92 Å². The van der Waals surface area contributed by atoms with Gasteiger partial charge in [0, 0.05) is 0 Å². The second kappa shape index (κ2) is 6.77. The zero-order valence-corrected chi connectivity index (χ0v) is 13.3. The summed E-state index contributed by atoms with van der Waals surface area (Å²) in [5.74, 6) is -2.29. The van der Waals surface area contributed by atoms with Crippen molar-refractivity contribution in [1.29, 1.82) is 0 Å². The summed E-state index contributed by atoms with van der Waals surface area (Å²) in [5.41, 5.74) is 2.35. The van der Waals surface area contributed by atoms with Gasteiger partial charge in [0.05, 0.1) is 0 Å². The minimum absolute atomic E-state index is 0.364. The Bertz CT molecular complexity index is 645. The van der Waals surface area contributed by atoms with Crippen molar-refractivity contribution in [1.82, 2.24) is 0 Å². The molecular formula is C20H21F3. The van der Waals surface area contributed by atoms with Crippen LogP contribution in [0.3, 0.4) is 0 Å². The van der Waals surface area contributed by atoms with Crippen LogP contribution >= 0.6 is 0 Å². The van der Waals surface area contributed by atoms with Gasteiger partial charge in [0.1, 0.15) is 0 Å². The molecule has 0 spiro atoms. The predicted molar refractivity (Wildman–Crippen MR) is 86.7 cm³/mol. The third-order valence-corrected chi connectivity index (χ3v) is 5.12. The molecule has 0 aliphatic heterocycles. The van der Waals surface area contributed by atoms with E-state index in [4.69, 9.17) is 0 Å². The average molecular weight is 318 g/mol. The van der Waals surface area contributed by atoms with E-state index in [1.165, 1.54) is 37.7 Å². The van der Waals surface area contributed by atoms with Crippen molar-refractivity contribution in [2.45, 2.75) is 44.9 Å². The summed E-state index contributed by atoms with van der Waals surface area (Å²) in [6, 6.07) is 9.89. The number of hydrogen-bond acceptors (Lipinski definition) is 0. The zero-order chi connectivity index (χ0) is 16.4. The first kappa shape index (κ1) is 16.1. The van der Waals surface area contributed by atoms with Gasteiger partial charge in [-0.15, -0.1) is 0 Å². The van der Waals surface area contributed by atoms with Crippen LogP contribution in [-0.2, 0) is 0 Å². The lowest BCUT2D eigenvalue weighted by Gasteiger charge is -2.28. The second-order valence-corrected chi connectivity index (χ2v) is 6.50. The Balaban J connectivity index is 1.77. The largest absolute Gasteiger partial charge is 0.204 e. The van der Waals surface area contributed by atoms with Crippen molar-refractivity contribution in [3.8, 4) is 11.1 Å². The first-order valence-electron chi connectivity index (χ1n) is 8.33. The minimum atomic E-state index is -1.42. The third kappa shape index (κ3) is 3.44. The summed E-state index contributed by atoms with van der Waals surface area (Å²) in [6.07, 6.45) is 6.22. The highest BCUT2D eigenvalue weighted by Crippen LogP contribution is 2.37. The first-order valence-corrected chi connectivity index (χ1v) is 8.33. The van der Waals surface area contributed by atoms with E-state index in [1.807, 2.05) is 24.3 Å². The number of rotatable bonds is 3. The Morgan fingerprint density at radius 3 is 1.91 bits per heavy atom. The lowest BCUT2D eigenvalue weighted by atomic mass is 9.77. The Hall–Kier alpha value is -1.77. The number of hydrogen-bond donors (Lipinski definition) is 0. The maximum atomic E-state index is 13.4. The van der Waals surface area contributed by atoms with E-state index in [1.54, 1.807) is 0 Å². The van der Waals surface area contributed by atoms with Crippen LogP contribution in [0.5, 0.6) is 0 Å². The predicted octanol–water partition coefficient (Wildman–Crippen LogP) is 6.45. The van der Waals surface area contributed by atoms with Crippen molar-refractivity contribution in [2.75, 3.05) is 0 Å². The van der Waals surface area contributed by atoms with Crippen LogP contribution in [-0.4, -0.2) is 0 Å². The monoisotopic (exact) mass is 318 g/mol. The van der Waals surface area contributed by atoms with E-state index >= 15 is 0 Å². The summed E-state index contributed by atoms with van der Waals surface area (Å²) < 4.78 is 39.7. The molecule has 0 unspecified atom stereocenters. The lowest BCUT2D eigenvalue weighted by Crippen LogP contribution is -2.12. The molecule has 3 heteroatoms. The van der Waals surface area contributed by atoms with Gasteiger partial charge in [-0.1, -0.05) is 37.6 Å². The molecule has 0 aromatic heterocycles. The molecule has 0 bridgehead atoms. The van der Waals surface area contributed by atoms with Gasteiger partial charge >= 0.3 is 0 Å². The molecule has 0 atom stereocenters. The van der Waals surface area contributed by atoms with Gasteiger partial charge in [0.25, 0.3) is 0 Å². The summed E-state index contributed by atoms with van der Waals surface area (Å²) in [6.45, 7) is 2.25. The Labute approximate surface area is 135 Å². The van der Waals surface area contributed by atoms with Gasteiger partial charge in [-0.2, -0.15) is 0 Å². The summed E-state index contributed by atoms with van der Waals surface area (Å²) >= 11 is 0. The standard InChI is InChI=1S/C20H21F3/c1-2-13-3-5-14(6-4-13)15-7-9-16(10-8-15)17-11-18(21)20(23)19(22)12-17/h7-14H,2-6H2,1H3/t13-,14-. The van der Waals surface area contributed by atoms with Gasteiger partial charge in [0.2, 0.25) is 0 Å². The van der Waals surface area contributed by atoms with Crippen LogP contribution in [0.2, 0.25) is 0 Å². The van der Waals surface area contributed by atoms with Crippen LogP contribution in [0.1, 0.15) is 50.5 Å². The van der Waals surface area contributed by atoms with Crippen LogP contribution in [0.15, 0.2) is 36.4 Å². The van der Waals surface area contributed by atoms with Crippen molar-refractivity contribution < 1.29 is 13.2 Å². The minimum Gasteiger partial charge on any atom is -0.204 e. The molecule has 0 heterocycles. The lowest BCUT2D eigenvalue weighted by molar-refractivity contribution is 0.319. The van der Waals surface area contributed by atoms with Crippen molar-refractivity contribution in [2.24, 2.45) is 5.92 Å². The highest BCUT2D eigenvalue weighted by Gasteiger charge is 2.21. The van der Waals surface area contributed by atoms with Gasteiger partial charge in [-0.25, -0.2) is 13.2 Å². The van der Waals surface area contributed by atoms with E-state index in [0.29, 0.717) is 17.0 Å². The van der Waals surface area contributed by atoms with Crippen LogP contribution in [0.4, 0.5) is 13.2 Å². The van der Waals surface area contributed by atoms with Gasteiger partial charge in [-0.05, 0) is 66.3 Å². The molecule has 0 N–H and O–H groups in total. The molecule has 2 aromatic rings. The fraction of sp³-hybridized carbons (Fsp3) is 0.400. The maximum absolute atomic E-state index is 13.4. The maximum Gasteiger partial charge on any atom is 0.194 e. The summed E-state index contributed by atoms with van der Waals surface area (Å²) in [5, 5.41) is 0. The Morgan fingerprint density at radius 1 is 0.826 bits per heavy atom. The Morgan fingerprint density at radius 2 is 1.39 bits per heavy atom. The smallest absolute Gasteiger partial charge is 0.194 e. The SMILES string of the molecule is CC[C@H]1CC[C@H](c2ccc(-c3cc(F)c(F)c(F)c3)cc2)CC1. The molecule has 3 rings (SSSR count). The highest BCUT2D eigenvalue weighted by atomic mass is 19.2. The van der Waals surface area contributed by atoms with E-state index in [0.717, 1.165) is 18.1 Å². The first-order chi connectivity index (χ1) is 11.1. The molecule has 1 saturated carbocycles. The van der Waals surface area contributed by atoms with Gasteiger partial charge in [-0.3, -0.25) is 0 Å². The van der Waals surface area contributed by atoms with Crippen LogP contribution < -0.4 is 0 Å². The zero-order valence-electron chi connectivity index (χ0n) is 13.3. The normalized spacial score (nSPS) is 21.4. The molecule has 122 valence electrons. The van der Waals surface area contributed by atoms with Gasteiger partial charge in [0.15, 0.2) is 17.5 Å². The molecular weight excluding hydrogens is 297 g/mol. The quantitative estimate of drug-likeness (QED) is 0.570. The second-order valence-electron chi connectivity index (χ2n) is 6.50. The fourth-order valence-corrected chi connectivity index (χ4v) is 3.57. The summed E-state index contributed by atoms with van der Waals surface area (Å²) in [4.78, 5) is 0. The van der Waals surface area contributed by atoms with E-state index < -0.39 is 17.5 Å². The molecule has 0 saturated heterocycles. The summed E-state index contributed by atoms with van der Waals surface area (Å²) in [7, 11) is 0. The molecule has 2 aromatic carbocycles. The molecule has 1 fully saturated rings. The van der Waals surface area contributed by atoms with Gasteiger partial charge < -0.3 is 0 Å². The average Bonchev–Trinajstić information content (AvgIpc) is 2.59. The van der Waals surface area contributed by atoms with Crippen molar-refractivity contribution >= 4 is 0 Å². The number of benzene rings is 2.